The fraction of sp³-hybridized carbons (Fsp3) is 0.357. The quantitative estimate of drug-likeness (QED) is 0.900. The molecule has 3 nitrogen and oxygen atoms in total. The monoisotopic (exact) mass is 265 g/mol. The largest absolute Gasteiger partial charge is 0.308 e. The Bertz CT molecular complexity index is 544. The first-order valence-electron chi connectivity index (χ1n) is 6.25. The molecule has 0 saturated carbocycles. The molecule has 5 heteroatoms. The third kappa shape index (κ3) is 3.61. The van der Waals surface area contributed by atoms with Crippen LogP contribution in [0.3, 0.4) is 0 Å². The number of aromatic nitrogens is 2. The lowest BCUT2D eigenvalue weighted by Crippen LogP contribution is -2.13. The average Bonchev–Trinajstić information content (AvgIpc) is 2.68. The van der Waals surface area contributed by atoms with Gasteiger partial charge in [0, 0.05) is 38.0 Å². The molecule has 1 N–H and O–H groups in total. The van der Waals surface area contributed by atoms with Crippen LogP contribution in [0.25, 0.3) is 0 Å². The smallest absolute Gasteiger partial charge is 0.126 e. The number of rotatable bonds is 5. The van der Waals surface area contributed by atoms with Gasteiger partial charge in [0.1, 0.15) is 11.6 Å². The summed E-state index contributed by atoms with van der Waals surface area (Å²) < 4.78 is 27.8. The molecule has 0 amide bonds. The van der Waals surface area contributed by atoms with E-state index in [9.17, 15) is 8.78 Å². The third-order valence-corrected chi connectivity index (χ3v) is 2.89. The third-order valence-electron chi connectivity index (χ3n) is 2.89. The molecule has 102 valence electrons. The van der Waals surface area contributed by atoms with Crippen molar-refractivity contribution in [1.82, 2.24) is 15.1 Å². The molecular formula is C14H17F2N3. The van der Waals surface area contributed by atoms with E-state index in [2.05, 4.69) is 10.4 Å². The molecule has 0 aliphatic rings. The fourth-order valence-electron chi connectivity index (χ4n) is 2.08. The normalized spacial score (nSPS) is 10.9. The van der Waals surface area contributed by atoms with E-state index in [-0.39, 0.29) is 0 Å². The number of hydrogen-bond acceptors (Lipinski definition) is 2. The van der Waals surface area contributed by atoms with Gasteiger partial charge in [0.05, 0.1) is 5.69 Å². The summed E-state index contributed by atoms with van der Waals surface area (Å²) in [5.41, 5.74) is 2.75. The molecule has 0 fully saturated rings. The summed E-state index contributed by atoms with van der Waals surface area (Å²) in [6.07, 6.45) is 2.82. The summed E-state index contributed by atoms with van der Waals surface area (Å²) in [4.78, 5) is 0. The minimum Gasteiger partial charge on any atom is -0.308 e. The van der Waals surface area contributed by atoms with E-state index in [0.29, 0.717) is 18.7 Å². The second kappa shape index (κ2) is 5.93. The Labute approximate surface area is 111 Å². The number of nitrogens with zero attached hydrogens (tertiary/aromatic N) is 2. The van der Waals surface area contributed by atoms with Gasteiger partial charge in [-0.3, -0.25) is 4.68 Å². The van der Waals surface area contributed by atoms with Crippen molar-refractivity contribution in [2.75, 3.05) is 0 Å². The molecule has 0 aliphatic heterocycles. The van der Waals surface area contributed by atoms with Gasteiger partial charge in [-0.1, -0.05) is 6.92 Å². The average molecular weight is 265 g/mol. The summed E-state index contributed by atoms with van der Waals surface area (Å²) in [7, 11) is 1.88. The molecule has 1 aromatic heterocycles. The maximum atomic E-state index is 13.0. The Morgan fingerprint density at radius 3 is 2.47 bits per heavy atom. The van der Waals surface area contributed by atoms with E-state index in [1.807, 2.05) is 20.2 Å². The van der Waals surface area contributed by atoms with Crippen LogP contribution >= 0.6 is 0 Å². The summed E-state index contributed by atoms with van der Waals surface area (Å²) in [6.45, 7) is 3.11. The Morgan fingerprint density at radius 2 is 1.84 bits per heavy atom. The number of benzene rings is 1. The maximum Gasteiger partial charge on any atom is 0.126 e. The van der Waals surface area contributed by atoms with Crippen LogP contribution in [0.4, 0.5) is 8.78 Å². The second-order valence-corrected chi connectivity index (χ2v) is 4.51. The van der Waals surface area contributed by atoms with E-state index in [1.165, 1.54) is 12.1 Å². The van der Waals surface area contributed by atoms with Gasteiger partial charge in [-0.05, 0) is 24.1 Å². The molecule has 0 unspecified atom stereocenters. The first-order valence-corrected chi connectivity index (χ1v) is 6.25. The minimum atomic E-state index is -0.549. The lowest BCUT2D eigenvalue weighted by Gasteiger charge is -2.05. The maximum absolute atomic E-state index is 13.0. The standard InChI is InChI=1S/C14H17F2N3/c1-3-14-11(9-19(2)18-14)8-17-7-10-4-12(15)6-13(16)5-10/h4-6,9,17H,3,7-8H2,1-2H3. The van der Waals surface area contributed by atoms with Crippen LogP contribution in [0.15, 0.2) is 24.4 Å². The van der Waals surface area contributed by atoms with Crippen molar-refractivity contribution in [3.63, 3.8) is 0 Å². The van der Waals surface area contributed by atoms with Crippen LogP contribution in [-0.4, -0.2) is 9.78 Å². The molecule has 2 rings (SSSR count). The van der Waals surface area contributed by atoms with Crippen LogP contribution < -0.4 is 5.32 Å². The first-order chi connectivity index (χ1) is 9.08. The van der Waals surface area contributed by atoms with Crippen molar-refractivity contribution in [2.45, 2.75) is 26.4 Å². The van der Waals surface area contributed by atoms with Crippen LogP contribution in [0, 0.1) is 11.6 Å². The van der Waals surface area contributed by atoms with Crippen LogP contribution in [-0.2, 0) is 26.6 Å². The summed E-state index contributed by atoms with van der Waals surface area (Å²) in [5.74, 6) is -1.10. The van der Waals surface area contributed by atoms with Gasteiger partial charge in [0.15, 0.2) is 0 Å². The second-order valence-electron chi connectivity index (χ2n) is 4.51. The van der Waals surface area contributed by atoms with Gasteiger partial charge in [-0.2, -0.15) is 5.10 Å². The number of nitrogens with one attached hydrogen (secondary N) is 1. The van der Waals surface area contributed by atoms with Gasteiger partial charge in [0.25, 0.3) is 0 Å². The number of halogens is 2. The molecular weight excluding hydrogens is 248 g/mol. The van der Waals surface area contributed by atoms with E-state index < -0.39 is 11.6 Å². The molecule has 0 saturated heterocycles. The first kappa shape index (κ1) is 13.7. The number of aryl methyl sites for hydroxylation is 2. The highest BCUT2D eigenvalue weighted by Gasteiger charge is 2.06. The highest BCUT2D eigenvalue weighted by atomic mass is 19.1. The highest BCUT2D eigenvalue weighted by Crippen LogP contribution is 2.09. The molecule has 19 heavy (non-hydrogen) atoms. The van der Waals surface area contributed by atoms with Gasteiger partial charge in [-0.25, -0.2) is 8.78 Å². The molecule has 0 aliphatic carbocycles. The van der Waals surface area contributed by atoms with Gasteiger partial charge in [-0.15, -0.1) is 0 Å². The zero-order chi connectivity index (χ0) is 13.8. The highest BCUT2D eigenvalue weighted by molar-refractivity contribution is 5.19. The SMILES string of the molecule is CCc1nn(C)cc1CNCc1cc(F)cc(F)c1. The fourth-order valence-corrected chi connectivity index (χ4v) is 2.08. The minimum absolute atomic E-state index is 0.423. The van der Waals surface area contributed by atoms with Crippen molar-refractivity contribution in [2.24, 2.45) is 7.05 Å². The van der Waals surface area contributed by atoms with Crippen molar-refractivity contribution >= 4 is 0 Å². The van der Waals surface area contributed by atoms with Crippen molar-refractivity contribution in [1.29, 1.82) is 0 Å². The predicted molar refractivity (Wildman–Crippen MR) is 69.5 cm³/mol. The predicted octanol–water partition coefficient (Wildman–Crippen LogP) is 2.55. The van der Waals surface area contributed by atoms with Gasteiger partial charge in [0.2, 0.25) is 0 Å². The number of hydrogen-bond donors (Lipinski definition) is 1. The zero-order valence-electron chi connectivity index (χ0n) is 11.1. The van der Waals surface area contributed by atoms with Crippen LogP contribution in [0.5, 0.6) is 0 Å². The summed E-state index contributed by atoms with van der Waals surface area (Å²) >= 11 is 0. The van der Waals surface area contributed by atoms with Gasteiger partial charge < -0.3 is 5.32 Å². The summed E-state index contributed by atoms with van der Waals surface area (Å²) in [5, 5.41) is 7.51. The van der Waals surface area contributed by atoms with E-state index in [4.69, 9.17) is 0 Å². The molecule has 0 bridgehead atoms. The Balaban J connectivity index is 1.96. The Kier molecular flexibility index (Phi) is 4.27. The topological polar surface area (TPSA) is 29.9 Å². The molecule has 1 heterocycles. The zero-order valence-corrected chi connectivity index (χ0v) is 11.1. The van der Waals surface area contributed by atoms with Gasteiger partial charge >= 0.3 is 0 Å². The Morgan fingerprint density at radius 1 is 1.16 bits per heavy atom. The van der Waals surface area contributed by atoms with Crippen molar-refractivity contribution < 1.29 is 8.78 Å². The molecule has 0 atom stereocenters. The lowest BCUT2D eigenvalue weighted by molar-refractivity contribution is 0.575. The summed E-state index contributed by atoms with van der Waals surface area (Å²) in [6, 6.07) is 3.54. The molecule has 1 aromatic carbocycles. The molecule has 0 spiro atoms. The van der Waals surface area contributed by atoms with Crippen molar-refractivity contribution in [3.8, 4) is 0 Å². The van der Waals surface area contributed by atoms with E-state index >= 15 is 0 Å². The Hall–Kier alpha value is -1.75. The van der Waals surface area contributed by atoms with Crippen molar-refractivity contribution in [3.05, 3.63) is 52.9 Å². The molecule has 0 radical (unpaired) electrons. The molecule has 2 aromatic rings. The van der Waals surface area contributed by atoms with E-state index in [0.717, 1.165) is 23.7 Å². The van der Waals surface area contributed by atoms with Crippen LogP contribution in [0.2, 0.25) is 0 Å². The van der Waals surface area contributed by atoms with Crippen LogP contribution in [0.1, 0.15) is 23.7 Å². The van der Waals surface area contributed by atoms with E-state index in [1.54, 1.807) is 4.68 Å². The lowest BCUT2D eigenvalue weighted by atomic mass is 10.2.